The van der Waals surface area contributed by atoms with E-state index in [1.165, 1.54) is 12.8 Å². The van der Waals surface area contributed by atoms with Crippen LogP contribution in [0.5, 0.6) is 0 Å². The van der Waals surface area contributed by atoms with Gasteiger partial charge in [-0.05, 0) is 19.8 Å². The van der Waals surface area contributed by atoms with Gasteiger partial charge in [-0.3, -0.25) is 4.79 Å². The molecule has 1 atom stereocenters. The SMILES string of the molecule is CCCC[C@H](C)N(CCC)C(=O)S. The van der Waals surface area contributed by atoms with Gasteiger partial charge in [0.15, 0.2) is 0 Å². The largest absolute Gasteiger partial charge is 0.331 e. The van der Waals surface area contributed by atoms with Crippen LogP contribution < -0.4 is 0 Å². The van der Waals surface area contributed by atoms with Crippen molar-refractivity contribution < 1.29 is 4.79 Å². The number of amides is 1. The fourth-order valence-electron chi connectivity index (χ4n) is 1.40. The third-order valence-electron chi connectivity index (χ3n) is 2.22. The van der Waals surface area contributed by atoms with Gasteiger partial charge in [-0.25, -0.2) is 0 Å². The van der Waals surface area contributed by atoms with E-state index in [1.807, 2.05) is 4.90 Å². The summed E-state index contributed by atoms with van der Waals surface area (Å²) in [6.07, 6.45) is 4.46. The number of carbonyl (C=O) groups excluding carboxylic acids is 1. The minimum absolute atomic E-state index is 0.0922. The van der Waals surface area contributed by atoms with Crippen LogP contribution in [-0.4, -0.2) is 22.7 Å². The van der Waals surface area contributed by atoms with Gasteiger partial charge in [-0.1, -0.05) is 39.3 Å². The molecule has 0 aliphatic carbocycles. The Bertz CT molecular complexity index is 150. The summed E-state index contributed by atoms with van der Waals surface area (Å²) in [6, 6.07) is 0.338. The first-order chi connectivity index (χ1) is 6.13. The van der Waals surface area contributed by atoms with E-state index in [4.69, 9.17) is 0 Å². The lowest BCUT2D eigenvalue weighted by molar-refractivity contribution is 0.199. The summed E-state index contributed by atoms with van der Waals surface area (Å²) in [4.78, 5) is 13.0. The number of carbonyl (C=O) groups is 1. The molecule has 0 saturated carbocycles. The molecule has 0 radical (unpaired) electrons. The molecule has 3 heteroatoms. The van der Waals surface area contributed by atoms with Crippen molar-refractivity contribution in [2.24, 2.45) is 0 Å². The highest BCUT2D eigenvalue weighted by Crippen LogP contribution is 2.11. The third kappa shape index (κ3) is 5.19. The van der Waals surface area contributed by atoms with Gasteiger partial charge in [0.25, 0.3) is 5.24 Å². The third-order valence-corrected chi connectivity index (χ3v) is 2.47. The second-order valence-electron chi connectivity index (χ2n) is 3.47. The van der Waals surface area contributed by atoms with Gasteiger partial charge in [0.1, 0.15) is 0 Å². The summed E-state index contributed by atoms with van der Waals surface area (Å²) < 4.78 is 0. The van der Waals surface area contributed by atoms with Gasteiger partial charge in [0, 0.05) is 12.6 Å². The van der Waals surface area contributed by atoms with Crippen molar-refractivity contribution in [1.82, 2.24) is 4.90 Å². The highest BCUT2D eigenvalue weighted by molar-refractivity contribution is 7.96. The van der Waals surface area contributed by atoms with Crippen LogP contribution in [0.15, 0.2) is 0 Å². The molecule has 0 bridgehead atoms. The molecule has 2 nitrogen and oxygen atoms in total. The van der Waals surface area contributed by atoms with Crippen molar-refractivity contribution >= 4 is 17.9 Å². The number of hydrogen-bond acceptors (Lipinski definition) is 1. The van der Waals surface area contributed by atoms with Crippen LogP contribution in [-0.2, 0) is 0 Å². The molecule has 0 unspecified atom stereocenters. The van der Waals surface area contributed by atoms with Crippen molar-refractivity contribution in [3.63, 3.8) is 0 Å². The second-order valence-corrected chi connectivity index (χ2v) is 3.85. The summed E-state index contributed by atoms with van der Waals surface area (Å²) in [7, 11) is 0. The summed E-state index contributed by atoms with van der Waals surface area (Å²) in [5.74, 6) is 0. The van der Waals surface area contributed by atoms with E-state index in [-0.39, 0.29) is 5.24 Å². The average Bonchev–Trinajstić information content (AvgIpc) is 2.09. The van der Waals surface area contributed by atoms with E-state index < -0.39 is 0 Å². The molecule has 0 aromatic heterocycles. The Morgan fingerprint density at radius 1 is 1.38 bits per heavy atom. The van der Waals surface area contributed by atoms with Gasteiger partial charge < -0.3 is 4.90 Å². The second kappa shape index (κ2) is 7.25. The highest BCUT2D eigenvalue weighted by Gasteiger charge is 2.15. The Balaban J connectivity index is 3.95. The topological polar surface area (TPSA) is 20.3 Å². The van der Waals surface area contributed by atoms with Crippen molar-refractivity contribution in [3.05, 3.63) is 0 Å². The maximum atomic E-state index is 11.1. The van der Waals surface area contributed by atoms with Gasteiger partial charge in [0.2, 0.25) is 0 Å². The molecule has 0 spiro atoms. The van der Waals surface area contributed by atoms with Crippen molar-refractivity contribution in [2.75, 3.05) is 6.54 Å². The number of unbranched alkanes of at least 4 members (excludes halogenated alkanes) is 1. The van der Waals surface area contributed by atoms with Crippen LogP contribution in [0.25, 0.3) is 0 Å². The summed E-state index contributed by atoms with van der Waals surface area (Å²) in [5.41, 5.74) is 0. The zero-order valence-corrected chi connectivity index (χ0v) is 9.81. The Morgan fingerprint density at radius 3 is 2.38 bits per heavy atom. The number of hydrogen-bond donors (Lipinski definition) is 1. The molecule has 1 amide bonds. The van der Waals surface area contributed by atoms with Crippen LogP contribution in [0, 0.1) is 0 Å². The zero-order valence-electron chi connectivity index (χ0n) is 8.92. The Hall–Kier alpha value is -0.180. The van der Waals surface area contributed by atoms with Gasteiger partial charge in [0.05, 0.1) is 0 Å². The molecule has 0 aliphatic rings. The van der Waals surface area contributed by atoms with Crippen LogP contribution in [0.4, 0.5) is 4.79 Å². The molecule has 0 heterocycles. The fourth-order valence-corrected chi connectivity index (χ4v) is 1.70. The predicted molar refractivity (Wildman–Crippen MR) is 60.4 cm³/mol. The van der Waals surface area contributed by atoms with Crippen LogP contribution in [0.3, 0.4) is 0 Å². The van der Waals surface area contributed by atoms with Crippen molar-refractivity contribution in [1.29, 1.82) is 0 Å². The molecule has 0 N–H and O–H groups in total. The van der Waals surface area contributed by atoms with Gasteiger partial charge in [-0.15, -0.1) is 0 Å². The fraction of sp³-hybridized carbons (Fsp3) is 0.900. The Labute approximate surface area is 87.1 Å². The monoisotopic (exact) mass is 203 g/mol. The first-order valence-electron chi connectivity index (χ1n) is 5.13. The van der Waals surface area contributed by atoms with Crippen molar-refractivity contribution in [3.8, 4) is 0 Å². The predicted octanol–water partition coefficient (Wildman–Crippen LogP) is 3.33. The minimum atomic E-state index is -0.0922. The summed E-state index contributed by atoms with van der Waals surface area (Å²) in [6.45, 7) is 7.17. The lowest BCUT2D eigenvalue weighted by Crippen LogP contribution is -2.35. The summed E-state index contributed by atoms with van der Waals surface area (Å²) in [5, 5.41) is -0.0922. The smallest absolute Gasteiger partial charge is 0.278 e. The van der Waals surface area contributed by atoms with Gasteiger partial charge >= 0.3 is 0 Å². The first kappa shape index (κ1) is 12.8. The minimum Gasteiger partial charge on any atom is -0.331 e. The molecule has 0 saturated heterocycles. The van der Waals surface area contributed by atoms with E-state index in [2.05, 4.69) is 33.4 Å². The standard InChI is InChI=1S/C10H21NOS/c1-4-6-7-9(3)11(8-5-2)10(12)13/h9H,4-8H2,1-3H3,(H,12,13)/t9-/m0/s1. The number of rotatable bonds is 6. The summed E-state index contributed by atoms with van der Waals surface area (Å²) >= 11 is 3.88. The average molecular weight is 203 g/mol. The Kier molecular flexibility index (Phi) is 7.14. The van der Waals surface area contributed by atoms with Gasteiger partial charge in [-0.2, -0.15) is 0 Å². The number of nitrogens with zero attached hydrogens (tertiary/aromatic N) is 1. The van der Waals surface area contributed by atoms with Crippen LogP contribution in [0.2, 0.25) is 0 Å². The van der Waals surface area contributed by atoms with E-state index in [0.717, 1.165) is 19.4 Å². The lowest BCUT2D eigenvalue weighted by atomic mass is 10.1. The number of thiol groups is 1. The van der Waals surface area contributed by atoms with E-state index >= 15 is 0 Å². The molecule has 13 heavy (non-hydrogen) atoms. The van der Waals surface area contributed by atoms with E-state index in [0.29, 0.717) is 6.04 Å². The van der Waals surface area contributed by atoms with Crippen molar-refractivity contribution in [2.45, 2.75) is 52.5 Å². The quantitative estimate of drug-likeness (QED) is 0.657. The maximum absolute atomic E-state index is 11.1. The Morgan fingerprint density at radius 2 is 2.00 bits per heavy atom. The first-order valence-corrected chi connectivity index (χ1v) is 5.57. The normalized spacial score (nSPS) is 12.6. The molecule has 0 aliphatic heterocycles. The molecule has 78 valence electrons. The van der Waals surface area contributed by atoms with E-state index in [1.54, 1.807) is 0 Å². The lowest BCUT2D eigenvalue weighted by Gasteiger charge is -2.27. The maximum Gasteiger partial charge on any atom is 0.278 e. The highest BCUT2D eigenvalue weighted by atomic mass is 32.1. The van der Waals surface area contributed by atoms with Crippen LogP contribution in [0.1, 0.15) is 46.5 Å². The molecule has 0 aromatic carbocycles. The molecule has 0 rings (SSSR count). The molecule has 0 fully saturated rings. The molecular formula is C10H21NOS. The van der Waals surface area contributed by atoms with E-state index in [9.17, 15) is 4.79 Å². The molecular weight excluding hydrogens is 182 g/mol. The molecule has 0 aromatic rings. The zero-order chi connectivity index (χ0) is 10.3. The van der Waals surface area contributed by atoms with Crippen LogP contribution >= 0.6 is 12.6 Å².